The second-order valence-electron chi connectivity index (χ2n) is 4.47. The quantitative estimate of drug-likeness (QED) is 0.538. The first-order valence-electron chi connectivity index (χ1n) is 6.12. The fourth-order valence-electron chi connectivity index (χ4n) is 1.76. The third-order valence-corrected chi connectivity index (χ3v) is 2.84. The average molecular weight is 236 g/mol. The van der Waals surface area contributed by atoms with Crippen LogP contribution < -0.4 is 4.74 Å². The lowest BCUT2D eigenvalue weighted by Crippen LogP contribution is -2.06. The van der Waals surface area contributed by atoms with Crippen molar-refractivity contribution < 1.29 is 14.2 Å². The molecule has 0 N–H and O–H groups in total. The summed E-state index contributed by atoms with van der Waals surface area (Å²) in [5.74, 6) is 0.997. The van der Waals surface area contributed by atoms with Gasteiger partial charge in [0.05, 0.1) is 6.61 Å². The highest BCUT2D eigenvalue weighted by molar-refractivity contribution is 5.37. The molecule has 0 bridgehead atoms. The standard InChI is InChI=1S/C14H20O3/c1-11-5-6-12(4-3-7-15-2)14(8-11)17-10-13-9-16-13/h5-6,8,13H,3-4,7,9-10H2,1-2H3/t13-/m0/s1. The SMILES string of the molecule is COCCCc1ccc(C)cc1OC[C@@H]1CO1. The van der Waals surface area contributed by atoms with E-state index in [2.05, 4.69) is 25.1 Å². The zero-order valence-corrected chi connectivity index (χ0v) is 10.6. The molecule has 3 heteroatoms. The first-order chi connectivity index (χ1) is 8.29. The Balaban J connectivity index is 1.95. The molecule has 1 saturated heterocycles. The molecule has 2 rings (SSSR count). The normalized spacial score (nSPS) is 18.1. The van der Waals surface area contributed by atoms with Gasteiger partial charge >= 0.3 is 0 Å². The molecule has 1 fully saturated rings. The molecule has 1 aliphatic rings. The van der Waals surface area contributed by atoms with Gasteiger partial charge in [0.1, 0.15) is 18.5 Å². The lowest BCUT2D eigenvalue weighted by Gasteiger charge is -2.11. The predicted molar refractivity (Wildman–Crippen MR) is 66.6 cm³/mol. The highest BCUT2D eigenvalue weighted by atomic mass is 16.6. The number of hydrogen-bond acceptors (Lipinski definition) is 3. The van der Waals surface area contributed by atoms with Gasteiger partial charge in [-0.05, 0) is 37.0 Å². The number of rotatable bonds is 7. The maximum atomic E-state index is 5.81. The van der Waals surface area contributed by atoms with Gasteiger partial charge in [0.2, 0.25) is 0 Å². The maximum absolute atomic E-state index is 5.81. The van der Waals surface area contributed by atoms with Crippen LogP contribution in [0.1, 0.15) is 17.5 Å². The highest BCUT2D eigenvalue weighted by Gasteiger charge is 2.23. The fraction of sp³-hybridized carbons (Fsp3) is 0.571. The Hall–Kier alpha value is -1.06. The summed E-state index contributed by atoms with van der Waals surface area (Å²) in [5.41, 5.74) is 2.49. The van der Waals surface area contributed by atoms with Crippen molar-refractivity contribution in [3.05, 3.63) is 29.3 Å². The van der Waals surface area contributed by atoms with Crippen LogP contribution in [0.3, 0.4) is 0 Å². The molecule has 94 valence electrons. The molecule has 1 aliphatic heterocycles. The number of epoxide rings is 1. The predicted octanol–water partition coefficient (Wildman–Crippen LogP) is 2.35. The maximum Gasteiger partial charge on any atom is 0.122 e. The number of methoxy groups -OCH3 is 1. The second kappa shape index (κ2) is 6.03. The van der Waals surface area contributed by atoms with E-state index in [-0.39, 0.29) is 0 Å². The van der Waals surface area contributed by atoms with Crippen molar-refractivity contribution in [1.29, 1.82) is 0 Å². The number of aryl methyl sites for hydroxylation is 2. The van der Waals surface area contributed by atoms with E-state index >= 15 is 0 Å². The van der Waals surface area contributed by atoms with Gasteiger partial charge in [-0.1, -0.05) is 12.1 Å². The minimum Gasteiger partial charge on any atom is -0.490 e. The molecule has 1 atom stereocenters. The van der Waals surface area contributed by atoms with E-state index in [1.165, 1.54) is 11.1 Å². The van der Waals surface area contributed by atoms with Gasteiger partial charge in [0.25, 0.3) is 0 Å². The molecular weight excluding hydrogens is 216 g/mol. The van der Waals surface area contributed by atoms with Crippen LogP contribution in [-0.2, 0) is 15.9 Å². The topological polar surface area (TPSA) is 31.0 Å². The van der Waals surface area contributed by atoms with Crippen molar-refractivity contribution in [3.8, 4) is 5.75 Å². The summed E-state index contributed by atoms with van der Waals surface area (Å²) < 4.78 is 16.0. The largest absolute Gasteiger partial charge is 0.490 e. The molecule has 1 aromatic rings. The lowest BCUT2D eigenvalue weighted by atomic mass is 10.1. The number of hydrogen-bond donors (Lipinski definition) is 0. The first kappa shape index (κ1) is 12.4. The third kappa shape index (κ3) is 4.02. The molecular formula is C14H20O3. The molecule has 0 saturated carbocycles. The van der Waals surface area contributed by atoms with Crippen LogP contribution in [0.4, 0.5) is 0 Å². The zero-order valence-electron chi connectivity index (χ0n) is 10.6. The van der Waals surface area contributed by atoms with E-state index in [1.54, 1.807) is 7.11 Å². The summed E-state index contributed by atoms with van der Waals surface area (Å²) in [6.07, 6.45) is 2.33. The molecule has 3 nitrogen and oxygen atoms in total. The van der Waals surface area contributed by atoms with Gasteiger partial charge in [0, 0.05) is 13.7 Å². The molecule has 1 aromatic carbocycles. The summed E-state index contributed by atoms with van der Waals surface area (Å²) in [6.45, 7) is 4.38. The van der Waals surface area contributed by atoms with Crippen molar-refractivity contribution in [1.82, 2.24) is 0 Å². The van der Waals surface area contributed by atoms with Crippen molar-refractivity contribution in [2.45, 2.75) is 25.9 Å². The van der Waals surface area contributed by atoms with Gasteiger partial charge in [0.15, 0.2) is 0 Å². The van der Waals surface area contributed by atoms with E-state index in [0.717, 1.165) is 31.8 Å². The summed E-state index contributed by atoms with van der Waals surface area (Å²) in [6, 6.07) is 6.38. The fourth-order valence-corrected chi connectivity index (χ4v) is 1.76. The minimum absolute atomic E-state index is 0.308. The molecule has 17 heavy (non-hydrogen) atoms. The van der Waals surface area contributed by atoms with Gasteiger partial charge in [-0.2, -0.15) is 0 Å². The Kier molecular flexibility index (Phi) is 4.40. The second-order valence-corrected chi connectivity index (χ2v) is 4.47. The first-order valence-corrected chi connectivity index (χ1v) is 6.12. The summed E-state index contributed by atoms with van der Waals surface area (Å²) in [5, 5.41) is 0. The molecule has 0 spiro atoms. The third-order valence-electron chi connectivity index (χ3n) is 2.84. The minimum atomic E-state index is 0.308. The monoisotopic (exact) mass is 236 g/mol. The Labute approximate surface area is 103 Å². The van der Waals surface area contributed by atoms with Gasteiger partial charge < -0.3 is 14.2 Å². The Morgan fingerprint density at radius 1 is 1.41 bits per heavy atom. The summed E-state index contributed by atoms with van der Waals surface area (Å²) >= 11 is 0. The van der Waals surface area contributed by atoms with E-state index < -0.39 is 0 Å². The number of ether oxygens (including phenoxy) is 3. The highest BCUT2D eigenvalue weighted by Crippen LogP contribution is 2.23. The molecule has 1 heterocycles. The van der Waals surface area contributed by atoms with Crippen LogP contribution in [0.15, 0.2) is 18.2 Å². The van der Waals surface area contributed by atoms with Crippen molar-refractivity contribution in [2.75, 3.05) is 26.9 Å². The Morgan fingerprint density at radius 2 is 2.24 bits per heavy atom. The Bertz CT molecular complexity index is 358. The number of benzene rings is 1. The van der Waals surface area contributed by atoms with Crippen LogP contribution in [0, 0.1) is 6.92 Å². The van der Waals surface area contributed by atoms with Crippen LogP contribution in [-0.4, -0.2) is 33.0 Å². The summed E-state index contributed by atoms with van der Waals surface area (Å²) in [4.78, 5) is 0. The molecule has 0 radical (unpaired) electrons. The lowest BCUT2D eigenvalue weighted by molar-refractivity contribution is 0.194. The average Bonchev–Trinajstić information content (AvgIpc) is 3.13. The molecule has 0 aliphatic carbocycles. The van der Waals surface area contributed by atoms with Crippen molar-refractivity contribution in [3.63, 3.8) is 0 Å². The smallest absolute Gasteiger partial charge is 0.122 e. The van der Waals surface area contributed by atoms with E-state index in [9.17, 15) is 0 Å². The Morgan fingerprint density at radius 3 is 2.94 bits per heavy atom. The van der Waals surface area contributed by atoms with Gasteiger partial charge in [-0.3, -0.25) is 0 Å². The van der Waals surface area contributed by atoms with Crippen LogP contribution in [0.25, 0.3) is 0 Å². The van der Waals surface area contributed by atoms with Crippen LogP contribution >= 0.6 is 0 Å². The van der Waals surface area contributed by atoms with E-state index in [1.807, 2.05) is 0 Å². The van der Waals surface area contributed by atoms with E-state index in [0.29, 0.717) is 12.7 Å². The zero-order chi connectivity index (χ0) is 12.1. The van der Waals surface area contributed by atoms with E-state index in [4.69, 9.17) is 14.2 Å². The van der Waals surface area contributed by atoms with Gasteiger partial charge in [-0.15, -0.1) is 0 Å². The van der Waals surface area contributed by atoms with Crippen molar-refractivity contribution >= 4 is 0 Å². The molecule has 0 aromatic heterocycles. The van der Waals surface area contributed by atoms with Crippen LogP contribution in [0.5, 0.6) is 5.75 Å². The van der Waals surface area contributed by atoms with Crippen molar-refractivity contribution in [2.24, 2.45) is 0 Å². The van der Waals surface area contributed by atoms with Crippen LogP contribution in [0.2, 0.25) is 0 Å². The molecule has 0 amide bonds. The van der Waals surface area contributed by atoms with Gasteiger partial charge in [-0.25, -0.2) is 0 Å². The molecule has 0 unspecified atom stereocenters. The summed E-state index contributed by atoms with van der Waals surface area (Å²) in [7, 11) is 1.73.